The van der Waals surface area contributed by atoms with Crippen molar-refractivity contribution in [3.8, 4) is 0 Å². The zero-order valence-electron chi connectivity index (χ0n) is 11.5. The first-order valence-corrected chi connectivity index (χ1v) is 6.88. The van der Waals surface area contributed by atoms with Crippen LogP contribution >= 0.6 is 0 Å². The Kier molecular flexibility index (Phi) is 4.68. The van der Waals surface area contributed by atoms with Gasteiger partial charge in [-0.15, -0.1) is 0 Å². The van der Waals surface area contributed by atoms with Crippen molar-refractivity contribution in [3.05, 3.63) is 34.4 Å². The first-order chi connectivity index (χ1) is 9.59. The third kappa shape index (κ3) is 3.33. The summed E-state index contributed by atoms with van der Waals surface area (Å²) in [5.41, 5.74) is 0.179. The Bertz CT molecular complexity index is 498. The maximum atomic E-state index is 12.2. The molecule has 6 heteroatoms. The molecule has 1 aliphatic heterocycles. The molecule has 1 heterocycles. The fraction of sp³-hybridized carbons (Fsp3) is 0.500. The van der Waals surface area contributed by atoms with Crippen LogP contribution in [0.1, 0.15) is 26.2 Å². The highest BCUT2D eigenvalue weighted by molar-refractivity contribution is 5.96. The predicted octanol–water partition coefficient (Wildman–Crippen LogP) is 2.41. The number of likely N-dealkylation sites (tertiary alicyclic amines) is 1. The van der Waals surface area contributed by atoms with Crippen molar-refractivity contribution in [2.75, 3.05) is 18.4 Å². The maximum absolute atomic E-state index is 12.2. The smallest absolute Gasteiger partial charge is 0.292 e. The van der Waals surface area contributed by atoms with Gasteiger partial charge in [-0.05, 0) is 38.9 Å². The lowest BCUT2D eigenvalue weighted by Gasteiger charge is -2.31. The minimum atomic E-state index is -0.485. The Balaban J connectivity index is 2.05. The molecule has 0 unspecified atom stereocenters. The number of hydrogen-bond acceptors (Lipinski definition) is 4. The fourth-order valence-electron chi connectivity index (χ4n) is 2.45. The minimum absolute atomic E-state index is 0.0771. The molecule has 1 N–H and O–H groups in total. The van der Waals surface area contributed by atoms with E-state index in [1.54, 1.807) is 18.2 Å². The Morgan fingerprint density at radius 1 is 1.30 bits per heavy atom. The molecule has 1 atom stereocenters. The predicted molar refractivity (Wildman–Crippen MR) is 76.6 cm³/mol. The van der Waals surface area contributed by atoms with Crippen LogP contribution < -0.4 is 5.32 Å². The van der Waals surface area contributed by atoms with Crippen molar-refractivity contribution < 1.29 is 9.72 Å². The average molecular weight is 277 g/mol. The van der Waals surface area contributed by atoms with Crippen LogP contribution in [0.2, 0.25) is 0 Å². The van der Waals surface area contributed by atoms with E-state index in [0.29, 0.717) is 0 Å². The van der Waals surface area contributed by atoms with Crippen LogP contribution in [0.3, 0.4) is 0 Å². The van der Waals surface area contributed by atoms with E-state index >= 15 is 0 Å². The molecular formula is C14H19N3O3. The highest BCUT2D eigenvalue weighted by atomic mass is 16.6. The van der Waals surface area contributed by atoms with Crippen LogP contribution in [-0.4, -0.2) is 34.9 Å². The van der Waals surface area contributed by atoms with Gasteiger partial charge in [-0.2, -0.15) is 0 Å². The number of rotatable bonds is 4. The number of benzene rings is 1. The molecule has 1 aromatic rings. The summed E-state index contributed by atoms with van der Waals surface area (Å²) in [7, 11) is 0. The van der Waals surface area contributed by atoms with Crippen LogP contribution in [0.5, 0.6) is 0 Å². The van der Waals surface area contributed by atoms with Crippen molar-refractivity contribution in [1.82, 2.24) is 4.90 Å². The fourth-order valence-corrected chi connectivity index (χ4v) is 2.45. The molecular weight excluding hydrogens is 258 g/mol. The van der Waals surface area contributed by atoms with Crippen molar-refractivity contribution in [1.29, 1.82) is 0 Å². The van der Waals surface area contributed by atoms with Crippen molar-refractivity contribution in [2.24, 2.45) is 0 Å². The van der Waals surface area contributed by atoms with E-state index in [9.17, 15) is 14.9 Å². The summed E-state index contributed by atoms with van der Waals surface area (Å²) in [5, 5.41) is 13.6. The van der Waals surface area contributed by atoms with Crippen molar-refractivity contribution >= 4 is 17.3 Å². The lowest BCUT2D eigenvalue weighted by molar-refractivity contribution is -0.383. The van der Waals surface area contributed by atoms with Crippen molar-refractivity contribution in [2.45, 2.75) is 32.2 Å². The van der Waals surface area contributed by atoms with Crippen LogP contribution in [0, 0.1) is 10.1 Å². The summed E-state index contributed by atoms with van der Waals surface area (Å²) in [6.45, 7) is 3.66. The van der Waals surface area contributed by atoms with Crippen LogP contribution in [0.25, 0.3) is 0 Å². The molecule has 0 spiro atoms. The van der Waals surface area contributed by atoms with Gasteiger partial charge in [-0.3, -0.25) is 19.8 Å². The number of carbonyl (C=O) groups excluding carboxylic acids is 1. The summed E-state index contributed by atoms with van der Waals surface area (Å²) in [5.74, 6) is -0.193. The van der Waals surface area contributed by atoms with Gasteiger partial charge in [0, 0.05) is 6.07 Å². The van der Waals surface area contributed by atoms with Gasteiger partial charge in [0.25, 0.3) is 5.69 Å². The van der Waals surface area contributed by atoms with E-state index < -0.39 is 4.92 Å². The van der Waals surface area contributed by atoms with E-state index in [4.69, 9.17) is 0 Å². The molecule has 0 saturated carbocycles. The quantitative estimate of drug-likeness (QED) is 0.677. The zero-order chi connectivity index (χ0) is 14.5. The van der Waals surface area contributed by atoms with Crippen LogP contribution in [0.4, 0.5) is 11.4 Å². The number of nitrogens with zero attached hydrogens (tertiary/aromatic N) is 2. The number of nitro benzene ring substituents is 1. The first-order valence-electron chi connectivity index (χ1n) is 6.88. The third-order valence-electron chi connectivity index (χ3n) is 3.68. The van der Waals surface area contributed by atoms with Gasteiger partial charge in [0.2, 0.25) is 5.91 Å². The minimum Gasteiger partial charge on any atom is -0.319 e. The second kappa shape index (κ2) is 6.47. The Hall–Kier alpha value is -1.95. The second-order valence-corrected chi connectivity index (χ2v) is 5.04. The van der Waals surface area contributed by atoms with Gasteiger partial charge in [0.1, 0.15) is 5.69 Å². The standard InChI is InChI=1S/C14H19N3O3/c1-11(16-9-5-2-6-10-16)14(18)15-12-7-3-4-8-13(12)17(19)20/h3-4,7-8,11H,2,5-6,9-10H2,1H3,(H,15,18)/t11-/m1/s1. The molecule has 2 rings (SSSR count). The van der Waals surface area contributed by atoms with Crippen LogP contribution in [0.15, 0.2) is 24.3 Å². The Labute approximate surface area is 117 Å². The third-order valence-corrected chi connectivity index (χ3v) is 3.68. The molecule has 1 aromatic carbocycles. The maximum Gasteiger partial charge on any atom is 0.292 e. The number of nitro groups is 1. The average Bonchev–Trinajstić information content (AvgIpc) is 2.47. The molecule has 1 fully saturated rings. The van der Waals surface area contributed by atoms with E-state index in [2.05, 4.69) is 10.2 Å². The summed E-state index contributed by atoms with van der Waals surface area (Å²) in [4.78, 5) is 24.8. The highest BCUT2D eigenvalue weighted by Gasteiger charge is 2.24. The lowest BCUT2D eigenvalue weighted by atomic mass is 10.1. The highest BCUT2D eigenvalue weighted by Crippen LogP contribution is 2.23. The second-order valence-electron chi connectivity index (χ2n) is 5.04. The molecule has 20 heavy (non-hydrogen) atoms. The molecule has 0 aliphatic carbocycles. The van der Waals surface area contributed by atoms with Gasteiger partial charge < -0.3 is 5.32 Å². The molecule has 108 valence electrons. The number of anilines is 1. The molecule has 6 nitrogen and oxygen atoms in total. The van der Waals surface area contributed by atoms with E-state index in [1.165, 1.54) is 12.5 Å². The van der Waals surface area contributed by atoms with Gasteiger partial charge in [0.05, 0.1) is 11.0 Å². The first kappa shape index (κ1) is 14.5. The topological polar surface area (TPSA) is 75.5 Å². The Morgan fingerprint density at radius 2 is 1.95 bits per heavy atom. The van der Waals surface area contributed by atoms with Crippen LogP contribution in [-0.2, 0) is 4.79 Å². The van der Waals surface area contributed by atoms with E-state index in [0.717, 1.165) is 25.9 Å². The molecule has 1 saturated heterocycles. The van der Waals surface area contributed by atoms with Gasteiger partial charge in [-0.1, -0.05) is 18.6 Å². The monoisotopic (exact) mass is 277 g/mol. The summed E-state index contributed by atoms with van der Waals surface area (Å²) < 4.78 is 0. The lowest BCUT2D eigenvalue weighted by Crippen LogP contribution is -2.44. The molecule has 1 amide bonds. The molecule has 0 aromatic heterocycles. The number of amides is 1. The summed E-state index contributed by atoms with van der Waals surface area (Å²) in [6, 6.07) is 5.94. The summed E-state index contributed by atoms with van der Waals surface area (Å²) >= 11 is 0. The van der Waals surface area contributed by atoms with Gasteiger partial charge in [0.15, 0.2) is 0 Å². The number of carbonyl (C=O) groups is 1. The van der Waals surface area contributed by atoms with E-state index in [-0.39, 0.29) is 23.3 Å². The number of nitrogens with one attached hydrogen (secondary N) is 1. The van der Waals surface area contributed by atoms with Crippen molar-refractivity contribution in [3.63, 3.8) is 0 Å². The largest absolute Gasteiger partial charge is 0.319 e. The number of para-hydroxylation sites is 2. The Morgan fingerprint density at radius 3 is 2.60 bits per heavy atom. The molecule has 0 bridgehead atoms. The zero-order valence-corrected chi connectivity index (χ0v) is 11.5. The SMILES string of the molecule is C[C@H](C(=O)Nc1ccccc1[N+](=O)[O-])N1CCCCC1. The van der Waals surface area contributed by atoms with E-state index in [1.807, 2.05) is 6.92 Å². The molecule has 0 radical (unpaired) electrons. The molecule has 1 aliphatic rings. The summed E-state index contributed by atoms with van der Waals surface area (Å²) in [6.07, 6.45) is 3.40. The normalized spacial score (nSPS) is 17.4. The van der Waals surface area contributed by atoms with Gasteiger partial charge >= 0.3 is 0 Å². The number of piperidine rings is 1. The van der Waals surface area contributed by atoms with Gasteiger partial charge in [-0.25, -0.2) is 0 Å². The number of hydrogen-bond donors (Lipinski definition) is 1.